The van der Waals surface area contributed by atoms with E-state index in [9.17, 15) is 9.90 Å². The minimum absolute atomic E-state index is 0.256. The van der Waals surface area contributed by atoms with Crippen molar-refractivity contribution in [2.24, 2.45) is 0 Å². The quantitative estimate of drug-likeness (QED) is 0.628. The maximum absolute atomic E-state index is 11.3. The van der Waals surface area contributed by atoms with Crippen LogP contribution in [0, 0.1) is 0 Å². The Labute approximate surface area is 70.2 Å². The standard InChI is InChI=1S/C10H8O2/c1-2-10(12)8-6-4-3-5-7(8)9(10)11/h2-6,12H,1H2. The second-order valence-electron chi connectivity index (χ2n) is 2.85. The van der Waals surface area contributed by atoms with Crippen LogP contribution in [0.15, 0.2) is 36.9 Å². The van der Waals surface area contributed by atoms with Gasteiger partial charge in [0.2, 0.25) is 5.78 Å². The SMILES string of the molecule is C=CC1(O)C(=O)c2ccccc21. The summed E-state index contributed by atoms with van der Waals surface area (Å²) < 4.78 is 0. The van der Waals surface area contributed by atoms with Crippen LogP contribution in [0.2, 0.25) is 0 Å². The van der Waals surface area contributed by atoms with Crippen LogP contribution < -0.4 is 0 Å². The van der Waals surface area contributed by atoms with Crippen LogP contribution in [0.25, 0.3) is 0 Å². The molecule has 2 rings (SSSR count). The van der Waals surface area contributed by atoms with Crippen molar-refractivity contribution in [2.75, 3.05) is 0 Å². The van der Waals surface area contributed by atoms with E-state index in [0.29, 0.717) is 11.1 Å². The average molecular weight is 160 g/mol. The van der Waals surface area contributed by atoms with Gasteiger partial charge in [-0.25, -0.2) is 0 Å². The average Bonchev–Trinajstić information content (AvgIpc) is 2.16. The van der Waals surface area contributed by atoms with Gasteiger partial charge < -0.3 is 5.11 Å². The maximum Gasteiger partial charge on any atom is 0.203 e. The highest BCUT2D eigenvalue weighted by Gasteiger charge is 2.47. The molecule has 12 heavy (non-hydrogen) atoms. The van der Waals surface area contributed by atoms with Crippen molar-refractivity contribution in [3.8, 4) is 0 Å². The predicted molar refractivity (Wildman–Crippen MR) is 44.9 cm³/mol. The lowest BCUT2D eigenvalue weighted by Crippen LogP contribution is -2.44. The Hall–Kier alpha value is -1.41. The highest BCUT2D eigenvalue weighted by atomic mass is 16.3. The summed E-state index contributed by atoms with van der Waals surface area (Å²) in [7, 11) is 0. The predicted octanol–water partition coefficient (Wildman–Crippen LogP) is 1.26. The Kier molecular flexibility index (Phi) is 1.24. The molecule has 0 saturated heterocycles. The summed E-state index contributed by atoms with van der Waals surface area (Å²) in [6, 6.07) is 7.01. The number of Topliss-reactive ketones (excluding diaryl/α,β-unsaturated/α-hetero) is 1. The first-order valence-electron chi connectivity index (χ1n) is 3.70. The third kappa shape index (κ3) is 0.605. The number of benzene rings is 1. The lowest BCUT2D eigenvalue weighted by atomic mass is 9.72. The van der Waals surface area contributed by atoms with Crippen LogP contribution in [-0.2, 0) is 5.60 Å². The van der Waals surface area contributed by atoms with Gasteiger partial charge in [-0.2, -0.15) is 0 Å². The molecule has 0 heterocycles. The van der Waals surface area contributed by atoms with Crippen LogP contribution >= 0.6 is 0 Å². The van der Waals surface area contributed by atoms with Gasteiger partial charge in [-0.1, -0.05) is 30.8 Å². The molecule has 1 unspecified atom stereocenters. The molecule has 0 radical (unpaired) electrons. The van der Waals surface area contributed by atoms with Gasteiger partial charge in [0.1, 0.15) is 0 Å². The zero-order chi connectivity index (χ0) is 8.77. The Morgan fingerprint density at radius 2 is 2.08 bits per heavy atom. The first kappa shape index (κ1) is 7.25. The van der Waals surface area contributed by atoms with Gasteiger partial charge in [0, 0.05) is 11.1 Å². The lowest BCUT2D eigenvalue weighted by Gasteiger charge is -2.34. The van der Waals surface area contributed by atoms with E-state index >= 15 is 0 Å². The molecule has 60 valence electrons. The Balaban J connectivity index is 2.64. The molecular formula is C10H8O2. The Bertz CT molecular complexity index is 368. The number of rotatable bonds is 1. The molecule has 1 atom stereocenters. The van der Waals surface area contributed by atoms with Crippen LogP contribution in [0.3, 0.4) is 0 Å². The fourth-order valence-corrected chi connectivity index (χ4v) is 1.48. The summed E-state index contributed by atoms with van der Waals surface area (Å²) in [6.45, 7) is 3.43. The molecule has 1 N–H and O–H groups in total. The van der Waals surface area contributed by atoms with Gasteiger partial charge >= 0.3 is 0 Å². The van der Waals surface area contributed by atoms with E-state index in [1.54, 1.807) is 24.3 Å². The van der Waals surface area contributed by atoms with Gasteiger partial charge in [0.05, 0.1) is 0 Å². The van der Waals surface area contributed by atoms with Crippen molar-refractivity contribution < 1.29 is 9.90 Å². The molecule has 1 aliphatic carbocycles. The monoisotopic (exact) mass is 160 g/mol. The first-order chi connectivity index (χ1) is 5.70. The summed E-state index contributed by atoms with van der Waals surface area (Å²) in [5.41, 5.74) is -0.166. The molecule has 0 aromatic heterocycles. The molecule has 1 aromatic rings. The molecular weight excluding hydrogens is 152 g/mol. The smallest absolute Gasteiger partial charge is 0.203 e. The Morgan fingerprint density at radius 3 is 2.75 bits per heavy atom. The van der Waals surface area contributed by atoms with E-state index in [1.165, 1.54) is 6.08 Å². The first-order valence-corrected chi connectivity index (χ1v) is 3.70. The number of carbonyl (C=O) groups is 1. The molecule has 0 saturated carbocycles. The minimum atomic E-state index is -1.42. The second-order valence-corrected chi connectivity index (χ2v) is 2.85. The molecule has 0 bridgehead atoms. The largest absolute Gasteiger partial charge is 0.373 e. The highest BCUT2D eigenvalue weighted by Crippen LogP contribution is 2.39. The van der Waals surface area contributed by atoms with Gasteiger partial charge in [0.25, 0.3) is 0 Å². The van der Waals surface area contributed by atoms with Gasteiger partial charge in [-0.05, 0) is 6.08 Å². The van der Waals surface area contributed by atoms with Gasteiger partial charge in [-0.15, -0.1) is 0 Å². The van der Waals surface area contributed by atoms with Crippen LogP contribution in [0.5, 0.6) is 0 Å². The van der Waals surface area contributed by atoms with Crippen molar-refractivity contribution in [1.82, 2.24) is 0 Å². The number of carbonyl (C=O) groups excluding carboxylic acids is 1. The van der Waals surface area contributed by atoms with Crippen molar-refractivity contribution in [3.63, 3.8) is 0 Å². The normalized spacial score (nSPS) is 25.9. The minimum Gasteiger partial charge on any atom is -0.373 e. The molecule has 2 nitrogen and oxygen atoms in total. The molecule has 0 aliphatic heterocycles. The number of ketones is 1. The molecule has 1 aromatic carbocycles. The van der Waals surface area contributed by atoms with E-state index < -0.39 is 5.60 Å². The van der Waals surface area contributed by atoms with Gasteiger partial charge in [0.15, 0.2) is 5.60 Å². The number of hydrogen-bond donors (Lipinski definition) is 1. The lowest BCUT2D eigenvalue weighted by molar-refractivity contribution is 0.0412. The molecule has 1 aliphatic rings. The van der Waals surface area contributed by atoms with E-state index in [1.807, 2.05) is 0 Å². The maximum atomic E-state index is 11.3. The second kappa shape index (κ2) is 2.05. The van der Waals surface area contributed by atoms with E-state index in [4.69, 9.17) is 0 Å². The molecule has 2 heteroatoms. The fraction of sp³-hybridized carbons (Fsp3) is 0.100. The van der Waals surface area contributed by atoms with Crippen LogP contribution in [-0.4, -0.2) is 10.9 Å². The number of hydrogen-bond acceptors (Lipinski definition) is 2. The number of fused-ring (bicyclic) bond motifs is 1. The van der Waals surface area contributed by atoms with Crippen LogP contribution in [0.4, 0.5) is 0 Å². The van der Waals surface area contributed by atoms with Crippen LogP contribution in [0.1, 0.15) is 15.9 Å². The van der Waals surface area contributed by atoms with E-state index in [0.717, 1.165) is 0 Å². The third-order valence-electron chi connectivity index (χ3n) is 2.22. The zero-order valence-electron chi connectivity index (χ0n) is 6.45. The van der Waals surface area contributed by atoms with E-state index in [-0.39, 0.29) is 5.78 Å². The molecule has 0 spiro atoms. The summed E-state index contributed by atoms with van der Waals surface area (Å²) in [6.07, 6.45) is 1.28. The van der Waals surface area contributed by atoms with Crippen molar-refractivity contribution in [2.45, 2.75) is 5.60 Å². The zero-order valence-corrected chi connectivity index (χ0v) is 6.45. The Morgan fingerprint density at radius 1 is 1.42 bits per heavy atom. The van der Waals surface area contributed by atoms with Gasteiger partial charge in [-0.3, -0.25) is 4.79 Å². The summed E-state index contributed by atoms with van der Waals surface area (Å²) >= 11 is 0. The molecule has 0 fully saturated rings. The summed E-state index contributed by atoms with van der Waals surface area (Å²) in [4.78, 5) is 11.3. The molecule has 0 amide bonds. The third-order valence-corrected chi connectivity index (χ3v) is 2.22. The fourth-order valence-electron chi connectivity index (χ4n) is 1.48. The summed E-state index contributed by atoms with van der Waals surface area (Å²) in [5, 5.41) is 9.67. The topological polar surface area (TPSA) is 37.3 Å². The van der Waals surface area contributed by atoms with Crippen molar-refractivity contribution in [3.05, 3.63) is 48.0 Å². The van der Waals surface area contributed by atoms with Crippen molar-refractivity contribution >= 4 is 5.78 Å². The van der Waals surface area contributed by atoms with Crippen molar-refractivity contribution in [1.29, 1.82) is 0 Å². The number of aliphatic hydroxyl groups is 1. The summed E-state index contributed by atoms with van der Waals surface area (Å²) in [5.74, 6) is -0.256. The van der Waals surface area contributed by atoms with E-state index in [2.05, 4.69) is 6.58 Å². The highest BCUT2D eigenvalue weighted by molar-refractivity contribution is 6.13.